The monoisotopic (exact) mass is 237 g/mol. The number of aryl methyl sites for hydroxylation is 1. The fraction of sp³-hybridized carbons (Fsp3) is 0.667. The van der Waals surface area contributed by atoms with Gasteiger partial charge in [-0.05, 0) is 18.8 Å². The lowest BCUT2D eigenvalue weighted by Crippen LogP contribution is -2.54. The SMILES string of the molecule is Cc1ocnc1C(=O)N1CCC(N)C(C)(C)C1. The Bertz CT molecular complexity index is 425. The number of nitrogens with two attached hydrogens (primary N) is 1. The van der Waals surface area contributed by atoms with Crippen molar-refractivity contribution < 1.29 is 9.21 Å². The number of oxazole rings is 1. The van der Waals surface area contributed by atoms with Crippen molar-refractivity contribution in [1.82, 2.24) is 9.88 Å². The van der Waals surface area contributed by atoms with E-state index in [1.807, 2.05) is 4.90 Å². The molecule has 1 aliphatic heterocycles. The second kappa shape index (κ2) is 4.14. The van der Waals surface area contributed by atoms with Crippen LogP contribution in [-0.2, 0) is 0 Å². The average Bonchev–Trinajstić information content (AvgIpc) is 2.67. The first-order valence-corrected chi connectivity index (χ1v) is 5.87. The van der Waals surface area contributed by atoms with Gasteiger partial charge in [0.05, 0.1) is 0 Å². The molecule has 1 atom stereocenters. The van der Waals surface area contributed by atoms with Gasteiger partial charge in [0.2, 0.25) is 0 Å². The number of amides is 1. The van der Waals surface area contributed by atoms with Crippen molar-refractivity contribution >= 4 is 5.91 Å². The van der Waals surface area contributed by atoms with Gasteiger partial charge >= 0.3 is 0 Å². The highest BCUT2D eigenvalue weighted by atomic mass is 16.3. The molecule has 0 spiro atoms. The first-order chi connectivity index (χ1) is 7.92. The van der Waals surface area contributed by atoms with E-state index in [-0.39, 0.29) is 17.4 Å². The molecule has 0 radical (unpaired) electrons. The zero-order valence-electron chi connectivity index (χ0n) is 10.6. The lowest BCUT2D eigenvalue weighted by molar-refractivity contribution is 0.0526. The first-order valence-electron chi connectivity index (χ1n) is 5.87. The van der Waals surface area contributed by atoms with Crippen molar-refractivity contribution in [3.63, 3.8) is 0 Å². The third kappa shape index (κ3) is 2.20. The van der Waals surface area contributed by atoms with E-state index in [1.165, 1.54) is 6.39 Å². The van der Waals surface area contributed by atoms with Gasteiger partial charge in [-0.1, -0.05) is 13.8 Å². The fourth-order valence-corrected chi connectivity index (χ4v) is 2.21. The van der Waals surface area contributed by atoms with Crippen LogP contribution in [0.25, 0.3) is 0 Å². The lowest BCUT2D eigenvalue weighted by Gasteiger charge is -2.42. The van der Waals surface area contributed by atoms with E-state index in [0.29, 0.717) is 24.5 Å². The van der Waals surface area contributed by atoms with Crippen LogP contribution in [-0.4, -0.2) is 34.9 Å². The lowest BCUT2D eigenvalue weighted by atomic mass is 9.79. The molecule has 5 heteroatoms. The first kappa shape index (κ1) is 12.1. The number of aromatic nitrogens is 1. The predicted octanol–water partition coefficient (Wildman–Crippen LogP) is 1.18. The minimum atomic E-state index is -0.0591. The van der Waals surface area contributed by atoms with Crippen LogP contribution in [0.2, 0.25) is 0 Å². The molecule has 2 rings (SSSR count). The highest BCUT2D eigenvalue weighted by Crippen LogP contribution is 2.28. The number of hydrogen-bond donors (Lipinski definition) is 1. The molecule has 0 saturated carbocycles. The van der Waals surface area contributed by atoms with E-state index < -0.39 is 0 Å². The molecule has 1 aliphatic rings. The van der Waals surface area contributed by atoms with Gasteiger partial charge in [0.15, 0.2) is 12.1 Å². The van der Waals surface area contributed by atoms with Crippen molar-refractivity contribution in [2.45, 2.75) is 33.2 Å². The zero-order valence-corrected chi connectivity index (χ0v) is 10.6. The Morgan fingerprint density at radius 3 is 2.88 bits per heavy atom. The van der Waals surface area contributed by atoms with Crippen molar-refractivity contribution in [2.75, 3.05) is 13.1 Å². The minimum Gasteiger partial charge on any atom is -0.448 e. The van der Waals surface area contributed by atoms with Gasteiger partial charge in [0.25, 0.3) is 5.91 Å². The summed E-state index contributed by atoms with van der Waals surface area (Å²) in [4.78, 5) is 18.0. The van der Waals surface area contributed by atoms with Gasteiger partial charge in [-0.25, -0.2) is 4.98 Å². The van der Waals surface area contributed by atoms with E-state index >= 15 is 0 Å². The van der Waals surface area contributed by atoms with Crippen LogP contribution < -0.4 is 5.73 Å². The van der Waals surface area contributed by atoms with E-state index in [2.05, 4.69) is 18.8 Å². The van der Waals surface area contributed by atoms with Gasteiger partial charge in [0, 0.05) is 19.1 Å². The molecule has 2 N–H and O–H groups in total. The van der Waals surface area contributed by atoms with Gasteiger partial charge in [0.1, 0.15) is 5.76 Å². The van der Waals surface area contributed by atoms with E-state index in [0.717, 1.165) is 6.42 Å². The molecule has 0 aromatic carbocycles. The zero-order chi connectivity index (χ0) is 12.6. The number of carbonyl (C=O) groups excluding carboxylic acids is 1. The van der Waals surface area contributed by atoms with Gasteiger partial charge in [-0.15, -0.1) is 0 Å². The second-order valence-corrected chi connectivity index (χ2v) is 5.37. The molecule has 94 valence electrons. The summed E-state index contributed by atoms with van der Waals surface area (Å²) in [6, 6.07) is 0.143. The third-order valence-corrected chi connectivity index (χ3v) is 3.55. The Balaban J connectivity index is 2.15. The molecule has 2 heterocycles. The normalized spacial score (nSPS) is 23.8. The summed E-state index contributed by atoms with van der Waals surface area (Å²) in [5.41, 5.74) is 6.41. The molecule has 0 bridgehead atoms. The summed E-state index contributed by atoms with van der Waals surface area (Å²) in [5, 5.41) is 0. The van der Waals surface area contributed by atoms with E-state index in [9.17, 15) is 4.79 Å². The fourth-order valence-electron chi connectivity index (χ4n) is 2.21. The van der Waals surface area contributed by atoms with Gasteiger partial charge in [-0.2, -0.15) is 0 Å². The number of rotatable bonds is 1. The number of hydrogen-bond acceptors (Lipinski definition) is 4. The second-order valence-electron chi connectivity index (χ2n) is 5.37. The Hall–Kier alpha value is -1.36. The topological polar surface area (TPSA) is 72.4 Å². The van der Waals surface area contributed by atoms with Crippen molar-refractivity contribution in [3.05, 3.63) is 17.8 Å². The van der Waals surface area contributed by atoms with Crippen molar-refractivity contribution in [2.24, 2.45) is 11.1 Å². The molecule has 17 heavy (non-hydrogen) atoms. The van der Waals surface area contributed by atoms with Gasteiger partial charge < -0.3 is 15.1 Å². The van der Waals surface area contributed by atoms with Crippen LogP contribution in [0.5, 0.6) is 0 Å². The Morgan fingerprint density at radius 2 is 2.35 bits per heavy atom. The summed E-state index contributed by atoms with van der Waals surface area (Å²) in [6.45, 7) is 7.29. The largest absolute Gasteiger partial charge is 0.448 e. The minimum absolute atomic E-state index is 0.0500. The maximum absolute atomic E-state index is 12.2. The molecule has 1 aromatic heterocycles. The van der Waals surface area contributed by atoms with E-state index in [1.54, 1.807) is 6.92 Å². The predicted molar refractivity (Wildman–Crippen MR) is 63.5 cm³/mol. The molecule has 5 nitrogen and oxygen atoms in total. The van der Waals surface area contributed by atoms with Gasteiger partial charge in [-0.3, -0.25) is 4.79 Å². The summed E-state index contributed by atoms with van der Waals surface area (Å²) in [5.74, 6) is 0.513. The van der Waals surface area contributed by atoms with Crippen molar-refractivity contribution in [3.8, 4) is 0 Å². The Kier molecular flexibility index (Phi) is 2.95. The highest BCUT2D eigenvalue weighted by Gasteiger charge is 2.36. The van der Waals surface area contributed by atoms with Crippen LogP contribution >= 0.6 is 0 Å². The third-order valence-electron chi connectivity index (χ3n) is 3.55. The molecule has 1 saturated heterocycles. The Labute approximate surface area is 101 Å². The molecule has 1 fully saturated rings. The highest BCUT2D eigenvalue weighted by molar-refractivity contribution is 5.93. The number of nitrogens with zero attached hydrogens (tertiary/aromatic N) is 2. The maximum Gasteiger partial charge on any atom is 0.276 e. The summed E-state index contributed by atoms with van der Waals surface area (Å²) >= 11 is 0. The molecular formula is C12H19N3O2. The number of carbonyl (C=O) groups is 1. The van der Waals surface area contributed by atoms with Crippen LogP contribution in [0, 0.1) is 12.3 Å². The molecule has 1 amide bonds. The summed E-state index contributed by atoms with van der Waals surface area (Å²) in [6.07, 6.45) is 2.14. The Morgan fingerprint density at radius 1 is 1.65 bits per heavy atom. The van der Waals surface area contributed by atoms with Crippen LogP contribution in [0.3, 0.4) is 0 Å². The molecule has 1 aromatic rings. The molecule has 1 unspecified atom stereocenters. The maximum atomic E-state index is 12.2. The molecule has 0 aliphatic carbocycles. The number of piperidine rings is 1. The quantitative estimate of drug-likeness (QED) is 0.796. The van der Waals surface area contributed by atoms with Crippen LogP contribution in [0.4, 0.5) is 0 Å². The average molecular weight is 237 g/mol. The standard InChI is InChI=1S/C12H19N3O2/c1-8-10(14-7-17-8)11(16)15-5-4-9(13)12(2,3)6-15/h7,9H,4-6,13H2,1-3H3. The summed E-state index contributed by atoms with van der Waals surface area (Å²) < 4.78 is 5.07. The smallest absolute Gasteiger partial charge is 0.276 e. The van der Waals surface area contributed by atoms with Crippen molar-refractivity contribution in [1.29, 1.82) is 0 Å². The number of likely N-dealkylation sites (tertiary alicyclic amines) is 1. The van der Waals surface area contributed by atoms with Crippen LogP contribution in [0.15, 0.2) is 10.8 Å². The molecular weight excluding hydrogens is 218 g/mol. The van der Waals surface area contributed by atoms with Crippen LogP contribution in [0.1, 0.15) is 36.5 Å². The summed E-state index contributed by atoms with van der Waals surface area (Å²) in [7, 11) is 0. The van der Waals surface area contributed by atoms with E-state index in [4.69, 9.17) is 10.2 Å².